The summed E-state index contributed by atoms with van der Waals surface area (Å²) >= 11 is 0. The predicted octanol–water partition coefficient (Wildman–Crippen LogP) is 3.60. The van der Waals surface area contributed by atoms with Gasteiger partial charge in [0.1, 0.15) is 0 Å². The van der Waals surface area contributed by atoms with Crippen molar-refractivity contribution in [2.75, 3.05) is 7.11 Å². The number of benzene rings is 2. The fourth-order valence-corrected chi connectivity index (χ4v) is 3.10. The molecule has 2 aromatic carbocycles. The van der Waals surface area contributed by atoms with E-state index in [1.165, 1.54) is 36.0 Å². The Bertz CT molecular complexity index is 601. The third-order valence-electron chi connectivity index (χ3n) is 4.27. The average molecular weight is 282 g/mol. The second-order valence-electron chi connectivity index (χ2n) is 5.85. The van der Waals surface area contributed by atoms with Crippen LogP contribution < -0.4 is 0 Å². The Hall–Kier alpha value is -1.64. The Morgan fingerprint density at radius 1 is 1.00 bits per heavy atom. The predicted molar refractivity (Wildman–Crippen MR) is 84.3 cm³/mol. The van der Waals surface area contributed by atoms with E-state index in [4.69, 9.17) is 4.74 Å². The number of aliphatic hydroxyl groups is 1. The Balaban J connectivity index is 1.69. The summed E-state index contributed by atoms with van der Waals surface area (Å²) < 4.78 is 5.10. The summed E-state index contributed by atoms with van der Waals surface area (Å²) in [5.74, 6) is 0. The molecule has 0 bridgehead atoms. The van der Waals surface area contributed by atoms with Gasteiger partial charge in [-0.1, -0.05) is 42.5 Å². The molecule has 2 nitrogen and oxygen atoms in total. The minimum atomic E-state index is -0.443. The molecule has 2 aromatic rings. The number of ether oxygens (including phenoxy) is 1. The smallest absolute Gasteiger partial charge is 0.0830 e. The maximum absolute atomic E-state index is 10.4. The zero-order valence-electron chi connectivity index (χ0n) is 12.5. The van der Waals surface area contributed by atoms with Gasteiger partial charge in [-0.05, 0) is 47.1 Å². The first-order valence-electron chi connectivity index (χ1n) is 7.63. The molecule has 1 atom stereocenters. The van der Waals surface area contributed by atoms with Gasteiger partial charge < -0.3 is 9.84 Å². The van der Waals surface area contributed by atoms with Crippen LogP contribution in [-0.2, 0) is 30.6 Å². The van der Waals surface area contributed by atoms with E-state index < -0.39 is 6.10 Å². The molecule has 110 valence electrons. The maximum atomic E-state index is 10.4. The van der Waals surface area contributed by atoms with Crippen molar-refractivity contribution in [3.05, 3.63) is 70.3 Å². The Morgan fingerprint density at radius 3 is 2.48 bits per heavy atom. The van der Waals surface area contributed by atoms with Crippen molar-refractivity contribution >= 4 is 0 Å². The minimum Gasteiger partial charge on any atom is -0.388 e. The van der Waals surface area contributed by atoms with E-state index in [1.54, 1.807) is 7.11 Å². The highest BCUT2D eigenvalue weighted by Gasteiger charge is 2.13. The van der Waals surface area contributed by atoms with Gasteiger partial charge in [-0.25, -0.2) is 0 Å². The first kappa shape index (κ1) is 14.3. The summed E-state index contributed by atoms with van der Waals surface area (Å²) in [6.07, 6.45) is 3.89. The molecule has 21 heavy (non-hydrogen) atoms. The van der Waals surface area contributed by atoms with E-state index in [9.17, 15) is 5.11 Å². The van der Waals surface area contributed by atoms with Gasteiger partial charge in [0.15, 0.2) is 0 Å². The van der Waals surface area contributed by atoms with Crippen molar-refractivity contribution in [1.82, 2.24) is 0 Å². The first-order valence-corrected chi connectivity index (χ1v) is 7.63. The summed E-state index contributed by atoms with van der Waals surface area (Å²) in [7, 11) is 1.69. The highest BCUT2D eigenvalue weighted by molar-refractivity contribution is 5.36. The lowest BCUT2D eigenvalue weighted by molar-refractivity contribution is 0.177. The van der Waals surface area contributed by atoms with Crippen LogP contribution in [0, 0.1) is 0 Å². The van der Waals surface area contributed by atoms with Crippen molar-refractivity contribution in [3.8, 4) is 0 Å². The fourth-order valence-electron chi connectivity index (χ4n) is 3.10. The monoisotopic (exact) mass is 282 g/mol. The van der Waals surface area contributed by atoms with E-state index in [0.717, 1.165) is 11.1 Å². The summed E-state index contributed by atoms with van der Waals surface area (Å²) in [6.45, 7) is 0.612. The Kier molecular flexibility index (Phi) is 4.37. The number of methoxy groups -OCH3 is 1. The van der Waals surface area contributed by atoms with Crippen molar-refractivity contribution in [3.63, 3.8) is 0 Å². The maximum Gasteiger partial charge on any atom is 0.0830 e. The normalized spacial score (nSPS) is 15.0. The van der Waals surface area contributed by atoms with Crippen LogP contribution in [-0.4, -0.2) is 12.2 Å². The SMILES string of the molecule is COCc1ccc(C(O)Cc2ccc3c(c2)CCC3)cc1. The van der Waals surface area contributed by atoms with E-state index in [-0.39, 0.29) is 0 Å². The molecule has 2 heteroatoms. The van der Waals surface area contributed by atoms with Gasteiger partial charge in [-0.3, -0.25) is 0 Å². The molecular weight excluding hydrogens is 260 g/mol. The summed E-state index contributed by atoms with van der Waals surface area (Å²) in [5.41, 5.74) is 6.28. The third-order valence-corrected chi connectivity index (χ3v) is 4.27. The van der Waals surface area contributed by atoms with Gasteiger partial charge in [0.25, 0.3) is 0 Å². The lowest BCUT2D eigenvalue weighted by atomic mass is 9.98. The fraction of sp³-hybridized carbons (Fsp3) is 0.368. The lowest BCUT2D eigenvalue weighted by Gasteiger charge is -2.13. The largest absolute Gasteiger partial charge is 0.388 e. The molecule has 0 fully saturated rings. The molecule has 1 unspecified atom stereocenters. The molecule has 1 aliphatic rings. The Labute approximate surface area is 126 Å². The van der Waals surface area contributed by atoms with E-state index in [1.807, 2.05) is 24.3 Å². The summed E-state index contributed by atoms with van der Waals surface area (Å²) in [5, 5.41) is 10.4. The van der Waals surface area contributed by atoms with Gasteiger partial charge in [0, 0.05) is 13.5 Å². The highest BCUT2D eigenvalue weighted by atomic mass is 16.5. The zero-order valence-corrected chi connectivity index (χ0v) is 12.5. The van der Waals surface area contributed by atoms with Crippen LogP contribution in [0.15, 0.2) is 42.5 Å². The number of aliphatic hydroxyl groups excluding tert-OH is 1. The van der Waals surface area contributed by atoms with E-state index in [2.05, 4.69) is 18.2 Å². The van der Waals surface area contributed by atoms with Crippen molar-refractivity contribution in [2.45, 2.75) is 38.4 Å². The van der Waals surface area contributed by atoms with Crippen LogP contribution in [0.25, 0.3) is 0 Å². The average Bonchev–Trinajstić information content (AvgIpc) is 2.96. The highest BCUT2D eigenvalue weighted by Crippen LogP contribution is 2.25. The molecule has 0 radical (unpaired) electrons. The third kappa shape index (κ3) is 3.34. The van der Waals surface area contributed by atoms with E-state index in [0.29, 0.717) is 13.0 Å². The molecule has 0 aliphatic heterocycles. The second-order valence-corrected chi connectivity index (χ2v) is 5.85. The zero-order chi connectivity index (χ0) is 14.7. The van der Waals surface area contributed by atoms with Gasteiger partial charge in [0.05, 0.1) is 12.7 Å². The quantitative estimate of drug-likeness (QED) is 0.908. The van der Waals surface area contributed by atoms with Crippen LogP contribution >= 0.6 is 0 Å². The van der Waals surface area contributed by atoms with Gasteiger partial charge >= 0.3 is 0 Å². The molecule has 3 rings (SSSR count). The Morgan fingerprint density at radius 2 is 1.71 bits per heavy atom. The number of hydrogen-bond acceptors (Lipinski definition) is 2. The molecular formula is C19H22O2. The number of hydrogen-bond donors (Lipinski definition) is 1. The van der Waals surface area contributed by atoms with Crippen molar-refractivity contribution in [1.29, 1.82) is 0 Å². The van der Waals surface area contributed by atoms with Crippen LogP contribution in [0.2, 0.25) is 0 Å². The lowest BCUT2D eigenvalue weighted by Crippen LogP contribution is -2.02. The van der Waals surface area contributed by atoms with Crippen LogP contribution in [0.5, 0.6) is 0 Å². The molecule has 1 aliphatic carbocycles. The van der Waals surface area contributed by atoms with Gasteiger partial charge in [-0.2, -0.15) is 0 Å². The number of fused-ring (bicyclic) bond motifs is 1. The minimum absolute atomic E-state index is 0.443. The summed E-state index contributed by atoms with van der Waals surface area (Å²) in [6, 6.07) is 14.7. The second kappa shape index (κ2) is 6.42. The topological polar surface area (TPSA) is 29.5 Å². The number of aryl methyl sites for hydroxylation is 2. The van der Waals surface area contributed by atoms with E-state index >= 15 is 0 Å². The summed E-state index contributed by atoms with van der Waals surface area (Å²) in [4.78, 5) is 0. The van der Waals surface area contributed by atoms with Crippen LogP contribution in [0.3, 0.4) is 0 Å². The first-order chi connectivity index (χ1) is 10.3. The molecule has 0 spiro atoms. The van der Waals surface area contributed by atoms with Crippen molar-refractivity contribution in [2.24, 2.45) is 0 Å². The molecule has 0 heterocycles. The molecule has 0 saturated carbocycles. The number of rotatable bonds is 5. The van der Waals surface area contributed by atoms with Crippen molar-refractivity contribution < 1.29 is 9.84 Å². The van der Waals surface area contributed by atoms with Crippen LogP contribution in [0.1, 0.15) is 40.3 Å². The molecule has 0 aromatic heterocycles. The van der Waals surface area contributed by atoms with Crippen LogP contribution in [0.4, 0.5) is 0 Å². The standard InChI is InChI=1S/C19H22O2/c1-21-13-14-5-9-17(10-6-14)19(20)12-15-7-8-16-3-2-4-18(16)11-15/h5-11,19-20H,2-4,12-13H2,1H3. The molecule has 0 amide bonds. The van der Waals surface area contributed by atoms with Gasteiger partial charge in [0.2, 0.25) is 0 Å². The molecule has 1 N–H and O–H groups in total. The van der Waals surface area contributed by atoms with Gasteiger partial charge in [-0.15, -0.1) is 0 Å². The molecule has 0 saturated heterocycles.